The minimum Gasteiger partial charge on any atom is -0.369 e. The van der Waals surface area contributed by atoms with E-state index in [9.17, 15) is 13.6 Å². The number of nitrogens with zero attached hydrogens (tertiary/aromatic N) is 7. The minimum atomic E-state index is -3.19. The minimum absolute atomic E-state index is 0.0311. The van der Waals surface area contributed by atoms with Crippen LogP contribution in [0.25, 0.3) is 16.7 Å². The monoisotopic (exact) mass is 456 g/mol. The summed E-state index contributed by atoms with van der Waals surface area (Å²) in [6.45, 7) is 6.22. The van der Waals surface area contributed by atoms with Crippen molar-refractivity contribution in [2.75, 3.05) is 38.1 Å². The van der Waals surface area contributed by atoms with Gasteiger partial charge in [0.2, 0.25) is 11.7 Å². The second kappa shape index (κ2) is 7.41. The number of aryl methyl sites for hydroxylation is 1. The van der Waals surface area contributed by atoms with Crippen LogP contribution >= 0.6 is 0 Å². The van der Waals surface area contributed by atoms with Crippen LogP contribution in [0.4, 0.5) is 14.6 Å². The van der Waals surface area contributed by atoms with Crippen molar-refractivity contribution in [1.82, 2.24) is 29.6 Å². The molecule has 33 heavy (non-hydrogen) atoms. The van der Waals surface area contributed by atoms with Crippen molar-refractivity contribution in [3.8, 4) is 5.82 Å². The molecular formula is C22H26F2N8O. The maximum absolute atomic E-state index is 14.0. The summed E-state index contributed by atoms with van der Waals surface area (Å²) in [6, 6.07) is 3.34. The summed E-state index contributed by atoms with van der Waals surface area (Å²) < 4.78 is 29.6. The summed E-state index contributed by atoms with van der Waals surface area (Å²) in [5.41, 5.74) is 7.13. The van der Waals surface area contributed by atoms with E-state index in [0.29, 0.717) is 16.9 Å². The highest BCUT2D eigenvalue weighted by Gasteiger charge is 2.47. The van der Waals surface area contributed by atoms with Crippen molar-refractivity contribution in [2.24, 2.45) is 11.1 Å². The van der Waals surface area contributed by atoms with E-state index in [0.717, 1.165) is 50.7 Å². The predicted octanol–water partition coefficient (Wildman–Crippen LogP) is 1.80. The number of carbonyl (C=O) groups is 1. The lowest BCUT2D eigenvalue weighted by atomic mass is 9.79. The Morgan fingerprint density at radius 2 is 2.00 bits per heavy atom. The van der Waals surface area contributed by atoms with Gasteiger partial charge in [-0.2, -0.15) is 8.78 Å². The zero-order valence-electron chi connectivity index (χ0n) is 18.8. The summed E-state index contributed by atoms with van der Waals surface area (Å²) in [7, 11) is 2.11. The number of amides is 1. The fraction of sp³-hybridized carbons (Fsp3) is 0.500. The van der Waals surface area contributed by atoms with Crippen LogP contribution in [-0.4, -0.2) is 68.8 Å². The van der Waals surface area contributed by atoms with Gasteiger partial charge in [0, 0.05) is 56.5 Å². The predicted molar refractivity (Wildman–Crippen MR) is 118 cm³/mol. The zero-order valence-corrected chi connectivity index (χ0v) is 18.8. The highest BCUT2D eigenvalue weighted by Crippen LogP contribution is 2.41. The van der Waals surface area contributed by atoms with Gasteiger partial charge in [-0.3, -0.25) is 9.78 Å². The third-order valence-corrected chi connectivity index (χ3v) is 6.36. The average Bonchev–Trinajstić information content (AvgIpc) is 3.28. The number of nitrogens with two attached hydrogens (primary N) is 1. The summed E-state index contributed by atoms with van der Waals surface area (Å²) in [4.78, 5) is 28.4. The fourth-order valence-corrected chi connectivity index (χ4v) is 5.05. The van der Waals surface area contributed by atoms with Crippen LogP contribution in [0.2, 0.25) is 0 Å². The molecule has 0 saturated carbocycles. The van der Waals surface area contributed by atoms with E-state index >= 15 is 0 Å². The third kappa shape index (κ3) is 3.90. The van der Waals surface area contributed by atoms with Crippen LogP contribution in [0.1, 0.15) is 30.6 Å². The first-order chi connectivity index (χ1) is 15.5. The molecule has 174 valence electrons. The number of rotatable bonds is 5. The van der Waals surface area contributed by atoms with Gasteiger partial charge in [0.15, 0.2) is 11.6 Å². The molecule has 0 bridgehead atoms. The van der Waals surface area contributed by atoms with Crippen LogP contribution < -0.4 is 10.6 Å². The van der Waals surface area contributed by atoms with Gasteiger partial charge in [-0.05, 0) is 26.5 Å². The number of pyridine rings is 1. The van der Waals surface area contributed by atoms with Crippen molar-refractivity contribution in [3.05, 3.63) is 35.5 Å². The van der Waals surface area contributed by atoms with E-state index in [1.807, 2.05) is 0 Å². The molecule has 2 fully saturated rings. The standard InChI is InChI=1S/C22H26F2N8O/c1-13-6-18(28-20(27-13)21(2,23)24)32-16-7-14(8-17(25)33)26-9-15(16)19(29-32)31-5-4-22(12-31)10-30(3)11-22/h6-7,9H,4-5,8,10-12H2,1-3H3,(H2,25,33). The molecule has 0 aromatic carbocycles. The van der Waals surface area contributed by atoms with Crippen LogP contribution in [0.5, 0.6) is 0 Å². The van der Waals surface area contributed by atoms with Crippen molar-refractivity contribution < 1.29 is 13.6 Å². The van der Waals surface area contributed by atoms with E-state index in [2.05, 4.69) is 31.8 Å². The molecule has 9 nitrogen and oxygen atoms in total. The smallest absolute Gasteiger partial charge is 0.303 e. The molecule has 2 N–H and O–H groups in total. The molecule has 2 saturated heterocycles. The van der Waals surface area contributed by atoms with Crippen molar-refractivity contribution >= 4 is 22.6 Å². The normalized spacial score (nSPS) is 18.3. The van der Waals surface area contributed by atoms with E-state index < -0.39 is 17.7 Å². The first kappa shape index (κ1) is 21.6. The highest BCUT2D eigenvalue weighted by atomic mass is 19.3. The number of fused-ring (bicyclic) bond motifs is 1. The number of anilines is 1. The SMILES string of the molecule is Cc1cc(-n2nc(N3CCC4(CN(C)C4)C3)c3cnc(CC(N)=O)cc32)nc(C(C)(F)F)n1. The lowest BCUT2D eigenvalue weighted by molar-refractivity contribution is -0.117. The van der Waals surface area contributed by atoms with Gasteiger partial charge in [-0.1, -0.05) is 0 Å². The van der Waals surface area contributed by atoms with Crippen molar-refractivity contribution in [3.63, 3.8) is 0 Å². The summed E-state index contributed by atoms with van der Waals surface area (Å²) in [5.74, 6) is -3.29. The van der Waals surface area contributed by atoms with Crippen LogP contribution in [0.3, 0.4) is 0 Å². The van der Waals surface area contributed by atoms with E-state index in [4.69, 9.17) is 10.8 Å². The topological polar surface area (TPSA) is 106 Å². The quantitative estimate of drug-likeness (QED) is 0.624. The number of alkyl halides is 2. The van der Waals surface area contributed by atoms with Crippen LogP contribution in [-0.2, 0) is 17.1 Å². The Balaban J connectivity index is 1.63. The number of primary amides is 1. The van der Waals surface area contributed by atoms with Crippen molar-refractivity contribution in [2.45, 2.75) is 32.6 Å². The molecule has 0 aliphatic carbocycles. The van der Waals surface area contributed by atoms with Gasteiger partial charge in [0.25, 0.3) is 0 Å². The van der Waals surface area contributed by atoms with Gasteiger partial charge >= 0.3 is 5.92 Å². The number of hydrogen-bond acceptors (Lipinski definition) is 7. The first-order valence-corrected chi connectivity index (χ1v) is 10.9. The van der Waals surface area contributed by atoms with E-state index in [1.165, 1.54) is 0 Å². The zero-order chi connectivity index (χ0) is 23.5. The molecule has 5 rings (SSSR count). The van der Waals surface area contributed by atoms with E-state index in [-0.39, 0.29) is 17.7 Å². The van der Waals surface area contributed by atoms with Crippen LogP contribution in [0.15, 0.2) is 18.3 Å². The molecule has 1 spiro atoms. The summed E-state index contributed by atoms with van der Waals surface area (Å²) >= 11 is 0. The summed E-state index contributed by atoms with van der Waals surface area (Å²) in [5, 5.41) is 5.58. The number of halogens is 2. The maximum Gasteiger partial charge on any atom is 0.303 e. The first-order valence-electron chi connectivity index (χ1n) is 10.9. The number of carbonyl (C=O) groups excluding carboxylic acids is 1. The molecule has 0 unspecified atom stereocenters. The highest BCUT2D eigenvalue weighted by molar-refractivity contribution is 5.92. The Hall–Kier alpha value is -3.21. The molecule has 2 aliphatic rings. The lowest BCUT2D eigenvalue weighted by Crippen LogP contribution is -2.55. The van der Waals surface area contributed by atoms with Crippen LogP contribution in [0, 0.1) is 12.3 Å². The molecular weight excluding hydrogens is 430 g/mol. The fourth-order valence-electron chi connectivity index (χ4n) is 5.05. The van der Waals surface area contributed by atoms with Gasteiger partial charge in [0.05, 0.1) is 23.0 Å². The third-order valence-electron chi connectivity index (χ3n) is 6.36. The van der Waals surface area contributed by atoms with Gasteiger partial charge in [0.1, 0.15) is 0 Å². The Morgan fingerprint density at radius 3 is 2.67 bits per heavy atom. The summed E-state index contributed by atoms with van der Waals surface area (Å²) in [6.07, 6.45) is 2.71. The van der Waals surface area contributed by atoms with Gasteiger partial charge in [-0.25, -0.2) is 14.6 Å². The number of hydrogen-bond donors (Lipinski definition) is 1. The molecule has 1 amide bonds. The molecule has 3 aromatic heterocycles. The molecule has 5 heterocycles. The number of aromatic nitrogens is 5. The molecule has 2 aliphatic heterocycles. The Morgan fingerprint density at radius 1 is 1.24 bits per heavy atom. The molecule has 3 aromatic rings. The molecule has 0 atom stereocenters. The molecule has 11 heteroatoms. The number of likely N-dealkylation sites (tertiary alicyclic amines) is 1. The second-order valence-electron chi connectivity index (χ2n) is 9.49. The second-order valence-corrected chi connectivity index (χ2v) is 9.49. The Kier molecular flexibility index (Phi) is 4.85. The van der Waals surface area contributed by atoms with E-state index in [1.54, 1.807) is 29.9 Å². The van der Waals surface area contributed by atoms with Gasteiger partial charge < -0.3 is 15.5 Å². The lowest BCUT2D eigenvalue weighted by Gasteiger charge is -2.46. The van der Waals surface area contributed by atoms with Crippen molar-refractivity contribution in [1.29, 1.82) is 0 Å². The Bertz CT molecular complexity index is 1250. The maximum atomic E-state index is 14.0. The average molecular weight is 457 g/mol. The van der Waals surface area contributed by atoms with Gasteiger partial charge in [-0.15, -0.1) is 5.10 Å². The Labute approximate surface area is 189 Å². The molecule has 0 radical (unpaired) electrons. The largest absolute Gasteiger partial charge is 0.369 e.